The smallest absolute Gasteiger partial charge is 0.227 e. The molecule has 154 valence electrons. The molecule has 0 saturated carbocycles. The van der Waals surface area contributed by atoms with Crippen molar-refractivity contribution >= 4 is 17.5 Å². The highest BCUT2D eigenvalue weighted by Crippen LogP contribution is 2.28. The number of nitrogens with one attached hydrogen (secondary N) is 1. The van der Waals surface area contributed by atoms with Gasteiger partial charge >= 0.3 is 0 Å². The van der Waals surface area contributed by atoms with Gasteiger partial charge in [0.25, 0.3) is 0 Å². The lowest BCUT2D eigenvalue weighted by atomic mass is 9.86. The molecule has 1 aromatic carbocycles. The Hall–Kier alpha value is -2.47. The van der Waals surface area contributed by atoms with Crippen LogP contribution in [-0.2, 0) is 27.8 Å². The minimum atomic E-state index is -0.0429. The second kappa shape index (κ2) is 8.11. The molecule has 1 aromatic heterocycles. The molecule has 1 unspecified atom stereocenters. The third-order valence-electron chi connectivity index (χ3n) is 5.80. The minimum absolute atomic E-state index is 0.0429. The normalized spacial score (nSPS) is 19.6. The molecule has 1 saturated heterocycles. The monoisotopic (exact) mass is 394 g/mol. The number of carbonyl (C=O) groups excluding carboxylic acids is 1. The average Bonchev–Trinajstić information content (AvgIpc) is 2.73. The predicted octanol–water partition coefficient (Wildman–Crippen LogP) is 3.35. The number of anilines is 2. The van der Waals surface area contributed by atoms with Crippen molar-refractivity contribution in [1.82, 2.24) is 9.97 Å². The Bertz CT molecular complexity index is 885. The van der Waals surface area contributed by atoms with Crippen LogP contribution in [0.25, 0.3) is 0 Å². The van der Waals surface area contributed by atoms with Gasteiger partial charge < -0.3 is 15.0 Å². The number of aryl methyl sites for hydroxylation is 1. The molecule has 2 aromatic rings. The van der Waals surface area contributed by atoms with Gasteiger partial charge in [-0.25, -0.2) is 9.97 Å². The first-order chi connectivity index (χ1) is 13.9. The van der Waals surface area contributed by atoms with Gasteiger partial charge in [0.2, 0.25) is 11.9 Å². The van der Waals surface area contributed by atoms with E-state index in [-0.39, 0.29) is 17.2 Å². The zero-order valence-corrected chi connectivity index (χ0v) is 17.6. The number of nitrogens with zero attached hydrogens (tertiary/aromatic N) is 3. The first-order valence-electron chi connectivity index (χ1n) is 10.5. The number of rotatable bonds is 3. The maximum atomic E-state index is 12.9. The van der Waals surface area contributed by atoms with Crippen LogP contribution in [0, 0.1) is 5.92 Å². The second-order valence-corrected chi connectivity index (χ2v) is 9.00. The fourth-order valence-electron chi connectivity index (χ4n) is 3.94. The summed E-state index contributed by atoms with van der Waals surface area (Å²) in [4.78, 5) is 24.4. The van der Waals surface area contributed by atoms with E-state index < -0.39 is 0 Å². The van der Waals surface area contributed by atoms with Crippen molar-refractivity contribution in [3.8, 4) is 0 Å². The van der Waals surface area contributed by atoms with E-state index in [0.717, 1.165) is 62.0 Å². The molecule has 2 heterocycles. The number of amides is 1. The lowest BCUT2D eigenvalue weighted by Gasteiger charge is -2.29. The Morgan fingerprint density at radius 1 is 1.24 bits per heavy atom. The fourth-order valence-corrected chi connectivity index (χ4v) is 3.94. The van der Waals surface area contributed by atoms with E-state index in [1.165, 1.54) is 5.56 Å². The van der Waals surface area contributed by atoms with Crippen LogP contribution in [0.15, 0.2) is 30.5 Å². The van der Waals surface area contributed by atoms with Crippen LogP contribution < -0.4 is 10.2 Å². The molecular formula is C23H30N4O2. The van der Waals surface area contributed by atoms with Gasteiger partial charge in [-0.1, -0.05) is 32.9 Å². The summed E-state index contributed by atoms with van der Waals surface area (Å²) in [7, 11) is 0. The van der Waals surface area contributed by atoms with Gasteiger partial charge in [-0.05, 0) is 47.9 Å². The van der Waals surface area contributed by atoms with Crippen LogP contribution in [-0.4, -0.2) is 42.2 Å². The highest BCUT2D eigenvalue weighted by Gasteiger charge is 2.27. The van der Waals surface area contributed by atoms with Gasteiger partial charge in [0.05, 0.1) is 13.2 Å². The quantitative estimate of drug-likeness (QED) is 0.865. The van der Waals surface area contributed by atoms with Crippen LogP contribution in [0.1, 0.15) is 44.0 Å². The van der Waals surface area contributed by atoms with E-state index in [2.05, 4.69) is 48.1 Å². The summed E-state index contributed by atoms with van der Waals surface area (Å²) < 4.78 is 5.41. The van der Waals surface area contributed by atoms with Crippen LogP contribution >= 0.6 is 0 Å². The molecule has 0 radical (unpaired) electrons. The van der Waals surface area contributed by atoms with Crippen molar-refractivity contribution in [2.75, 3.05) is 36.5 Å². The number of hydrogen-bond donors (Lipinski definition) is 1. The van der Waals surface area contributed by atoms with Gasteiger partial charge in [-0.2, -0.15) is 0 Å². The van der Waals surface area contributed by atoms with Crippen molar-refractivity contribution in [2.45, 2.75) is 45.4 Å². The summed E-state index contributed by atoms with van der Waals surface area (Å²) in [6, 6.07) is 8.15. The Balaban J connectivity index is 1.42. The standard InChI is InChI=1S/C23H30N4O2/c1-23(2,3)18-5-4-6-19(14-18)25-21(28)16-7-8-20-17(13-16)15-24-22(26-20)27-9-11-29-12-10-27/h4-6,14-16H,7-13H2,1-3H3,(H,25,28). The van der Waals surface area contributed by atoms with Crippen molar-refractivity contribution in [2.24, 2.45) is 5.92 Å². The maximum absolute atomic E-state index is 12.9. The molecule has 29 heavy (non-hydrogen) atoms. The molecule has 2 aliphatic rings. The van der Waals surface area contributed by atoms with E-state index in [9.17, 15) is 4.79 Å². The lowest BCUT2D eigenvalue weighted by Crippen LogP contribution is -2.38. The van der Waals surface area contributed by atoms with E-state index in [1.54, 1.807) is 0 Å². The SMILES string of the molecule is CC(C)(C)c1cccc(NC(=O)C2CCc3nc(N4CCOCC4)ncc3C2)c1. The highest BCUT2D eigenvalue weighted by atomic mass is 16.5. The van der Waals surface area contributed by atoms with Crippen molar-refractivity contribution in [3.63, 3.8) is 0 Å². The molecule has 0 bridgehead atoms. The Kier molecular flexibility index (Phi) is 5.54. The van der Waals surface area contributed by atoms with E-state index in [0.29, 0.717) is 6.42 Å². The molecule has 1 fully saturated rings. The Labute approximate surface area is 172 Å². The van der Waals surface area contributed by atoms with Gasteiger partial charge in [-0.3, -0.25) is 4.79 Å². The van der Waals surface area contributed by atoms with Crippen molar-refractivity contribution in [1.29, 1.82) is 0 Å². The minimum Gasteiger partial charge on any atom is -0.378 e. The Morgan fingerprint density at radius 3 is 2.79 bits per heavy atom. The average molecular weight is 395 g/mol. The number of ether oxygens (including phenoxy) is 1. The molecule has 4 rings (SSSR count). The molecule has 1 aliphatic heterocycles. The summed E-state index contributed by atoms with van der Waals surface area (Å²) in [5.74, 6) is 0.826. The zero-order chi connectivity index (χ0) is 20.4. The number of fused-ring (bicyclic) bond motifs is 1. The zero-order valence-electron chi connectivity index (χ0n) is 17.6. The van der Waals surface area contributed by atoms with Crippen LogP contribution in [0.4, 0.5) is 11.6 Å². The number of carbonyl (C=O) groups is 1. The predicted molar refractivity (Wildman–Crippen MR) is 114 cm³/mol. The van der Waals surface area contributed by atoms with E-state index in [4.69, 9.17) is 9.72 Å². The highest BCUT2D eigenvalue weighted by molar-refractivity contribution is 5.93. The fraction of sp³-hybridized carbons (Fsp3) is 0.522. The number of morpholine rings is 1. The van der Waals surface area contributed by atoms with E-state index in [1.807, 2.05) is 18.3 Å². The second-order valence-electron chi connectivity index (χ2n) is 9.00. The summed E-state index contributed by atoms with van der Waals surface area (Å²) in [5, 5.41) is 3.12. The molecule has 1 N–H and O–H groups in total. The number of aromatic nitrogens is 2. The third kappa shape index (κ3) is 4.58. The maximum Gasteiger partial charge on any atom is 0.227 e. The summed E-state index contributed by atoms with van der Waals surface area (Å²) in [6.45, 7) is 9.64. The largest absolute Gasteiger partial charge is 0.378 e. The number of hydrogen-bond acceptors (Lipinski definition) is 5. The summed E-state index contributed by atoms with van der Waals surface area (Å²) in [6.07, 6.45) is 4.24. The van der Waals surface area contributed by atoms with Gasteiger partial charge in [-0.15, -0.1) is 0 Å². The molecular weight excluding hydrogens is 364 g/mol. The molecule has 0 spiro atoms. The van der Waals surface area contributed by atoms with Crippen LogP contribution in [0.5, 0.6) is 0 Å². The third-order valence-corrected chi connectivity index (χ3v) is 5.80. The first kappa shape index (κ1) is 19.8. The Morgan fingerprint density at radius 2 is 2.03 bits per heavy atom. The van der Waals surface area contributed by atoms with Crippen molar-refractivity contribution < 1.29 is 9.53 Å². The van der Waals surface area contributed by atoms with Gasteiger partial charge in [0.15, 0.2) is 0 Å². The molecule has 6 nitrogen and oxygen atoms in total. The molecule has 1 amide bonds. The first-order valence-corrected chi connectivity index (χ1v) is 10.5. The molecule has 1 aliphatic carbocycles. The van der Waals surface area contributed by atoms with Crippen molar-refractivity contribution in [3.05, 3.63) is 47.3 Å². The lowest BCUT2D eigenvalue weighted by molar-refractivity contribution is -0.120. The topological polar surface area (TPSA) is 67.4 Å². The van der Waals surface area contributed by atoms with E-state index >= 15 is 0 Å². The summed E-state index contributed by atoms with van der Waals surface area (Å²) >= 11 is 0. The summed E-state index contributed by atoms with van der Waals surface area (Å²) in [5.41, 5.74) is 4.32. The van der Waals surface area contributed by atoms with Gasteiger partial charge in [0.1, 0.15) is 0 Å². The van der Waals surface area contributed by atoms with Crippen LogP contribution in [0.3, 0.4) is 0 Å². The number of benzene rings is 1. The molecule has 1 atom stereocenters. The van der Waals surface area contributed by atoms with Crippen LogP contribution in [0.2, 0.25) is 0 Å². The van der Waals surface area contributed by atoms with Gasteiger partial charge in [0, 0.05) is 36.6 Å². The molecule has 6 heteroatoms.